The normalized spacial score (nSPS) is 10.8. The summed E-state index contributed by atoms with van der Waals surface area (Å²) in [5.41, 5.74) is 1.31. The molecule has 5 nitrogen and oxygen atoms in total. The van der Waals surface area contributed by atoms with Gasteiger partial charge in [0.25, 0.3) is 0 Å². The summed E-state index contributed by atoms with van der Waals surface area (Å²) in [6, 6.07) is 17.0. The molecular formula is C21H14O5. The predicted octanol–water partition coefficient (Wildman–Crippen LogP) is 4.58. The molecule has 4 aromatic rings. The SMILES string of the molecule is Cc1ccc(C(=O)Oc2c(-c3ccco3)oc3ccccc3c2=O)cc1. The van der Waals surface area contributed by atoms with E-state index in [1.807, 2.05) is 6.92 Å². The summed E-state index contributed by atoms with van der Waals surface area (Å²) in [7, 11) is 0. The Bertz CT molecular complexity index is 1140. The molecule has 0 amide bonds. The van der Waals surface area contributed by atoms with Crippen LogP contribution < -0.4 is 10.2 Å². The van der Waals surface area contributed by atoms with Gasteiger partial charge in [-0.15, -0.1) is 0 Å². The Morgan fingerprint density at radius 2 is 1.73 bits per heavy atom. The third-order valence-corrected chi connectivity index (χ3v) is 3.98. The highest BCUT2D eigenvalue weighted by Gasteiger charge is 2.22. The fraction of sp³-hybridized carbons (Fsp3) is 0.0476. The molecule has 2 heterocycles. The maximum absolute atomic E-state index is 12.9. The first kappa shape index (κ1) is 15.9. The molecule has 0 saturated heterocycles. The van der Waals surface area contributed by atoms with Gasteiger partial charge in [-0.2, -0.15) is 0 Å². The molecule has 4 rings (SSSR count). The highest BCUT2D eigenvalue weighted by molar-refractivity contribution is 5.92. The number of para-hydroxylation sites is 1. The van der Waals surface area contributed by atoms with Crippen molar-refractivity contribution in [1.29, 1.82) is 0 Å². The van der Waals surface area contributed by atoms with E-state index in [-0.39, 0.29) is 11.5 Å². The summed E-state index contributed by atoms with van der Waals surface area (Å²) >= 11 is 0. The third kappa shape index (κ3) is 2.80. The van der Waals surface area contributed by atoms with Crippen molar-refractivity contribution in [3.8, 4) is 17.3 Å². The van der Waals surface area contributed by atoms with E-state index >= 15 is 0 Å². The number of carbonyl (C=O) groups is 1. The van der Waals surface area contributed by atoms with Crippen LogP contribution in [0.1, 0.15) is 15.9 Å². The number of hydrogen-bond donors (Lipinski definition) is 0. The molecule has 0 aliphatic rings. The molecular weight excluding hydrogens is 332 g/mol. The Hall–Kier alpha value is -3.60. The van der Waals surface area contributed by atoms with Crippen LogP contribution in [0.3, 0.4) is 0 Å². The maximum atomic E-state index is 12.9. The Labute approximate surface area is 148 Å². The highest BCUT2D eigenvalue weighted by Crippen LogP contribution is 2.31. The number of carbonyl (C=O) groups excluding carboxylic acids is 1. The molecule has 0 atom stereocenters. The lowest BCUT2D eigenvalue weighted by Crippen LogP contribution is -2.16. The number of esters is 1. The van der Waals surface area contributed by atoms with Crippen molar-refractivity contribution in [2.45, 2.75) is 6.92 Å². The number of fused-ring (bicyclic) bond motifs is 1. The molecule has 2 aromatic carbocycles. The van der Waals surface area contributed by atoms with Gasteiger partial charge in [0.2, 0.25) is 16.9 Å². The second-order valence-electron chi connectivity index (χ2n) is 5.82. The Morgan fingerprint density at radius 3 is 2.46 bits per heavy atom. The molecule has 0 unspecified atom stereocenters. The minimum Gasteiger partial charge on any atom is -0.461 e. The van der Waals surface area contributed by atoms with E-state index in [0.29, 0.717) is 22.3 Å². The minimum absolute atomic E-state index is 0.0826. The quantitative estimate of drug-likeness (QED) is 0.508. The van der Waals surface area contributed by atoms with Crippen LogP contribution in [0.4, 0.5) is 0 Å². The van der Waals surface area contributed by atoms with Crippen molar-refractivity contribution in [3.05, 3.63) is 88.3 Å². The smallest absolute Gasteiger partial charge is 0.343 e. The number of rotatable bonds is 3. The molecule has 26 heavy (non-hydrogen) atoms. The summed E-state index contributed by atoms with van der Waals surface area (Å²) in [5, 5.41) is 0.328. The van der Waals surface area contributed by atoms with Gasteiger partial charge in [-0.3, -0.25) is 4.79 Å². The van der Waals surface area contributed by atoms with E-state index < -0.39 is 11.4 Å². The molecule has 0 spiro atoms. The van der Waals surface area contributed by atoms with Crippen molar-refractivity contribution < 1.29 is 18.4 Å². The molecule has 0 bridgehead atoms. The standard InChI is InChI=1S/C21H14O5/c1-13-8-10-14(11-9-13)21(23)26-20-18(22)15-5-2-3-6-16(15)25-19(20)17-7-4-12-24-17/h2-12H,1H3. The van der Waals surface area contributed by atoms with E-state index in [1.165, 1.54) is 6.26 Å². The average Bonchev–Trinajstić information content (AvgIpc) is 3.19. The van der Waals surface area contributed by atoms with Gasteiger partial charge in [0.1, 0.15) is 5.58 Å². The maximum Gasteiger partial charge on any atom is 0.343 e. The zero-order valence-corrected chi connectivity index (χ0v) is 13.9. The molecule has 128 valence electrons. The van der Waals surface area contributed by atoms with Gasteiger partial charge in [-0.25, -0.2) is 4.79 Å². The van der Waals surface area contributed by atoms with Crippen LogP contribution in [0.25, 0.3) is 22.5 Å². The first-order valence-electron chi connectivity index (χ1n) is 8.02. The second-order valence-corrected chi connectivity index (χ2v) is 5.82. The number of hydrogen-bond acceptors (Lipinski definition) is 5. The monoisotopic (exact) mass is 346 g/mol. The van der Waals surface area contributed by atoms with Crippen LogP contribution in [-0.2, 0) is 0 Å². The van der Waals surface area contributed by atoms with Crippen molar-refractivity contribution in [1.82, 2.24) is 0 Å². The zero-order chi connectivity index (χ0) is 18.1. The summed E-state index contributed by atoms with van der Waals surface area (Å²) in [6.07, 6.45) is 1.45. The topological polar surface area (TPSA) is 69.7 Å². The van der Waals surface area contributed by atoms with Gasteiger partial charge in [-0.05, 0) is 43.3 Å². The molecule has 0 aliphatic heterocycles. The van der Waals surface area contributed by atoms with Crippen molar-refractivity contribution in [2.75, 3.05) is 0 Å². The third-order valence-electron chi connectivity index (χ3n) is 3.98. The zero-order valence-electron chi connectivity index (χ0n) is 13.9. The van der Waals surface area contributed by atoms with Crippen LogP contribution in [0.15, 0.2) is 80.6 Å². The van der Waals surface area contributed by atoms with Gasteiger partial charge in [0.15, 0.2) is 5.76 Å². The lowest BCUT2D eigenvalue weighted by Gasteiger charge is -2.09. The van der Waals surface area contributed by atoms with Crippen LogP contribution in [0.5, 0.6) is 5.75 Å². The lowest BCUT2D eigenvalue weighted by molar-refractivity contribution is 0.0731. The van der Waals surface area contributed by atoms with Gasteiger partial charge in [0.05, 0.1) is 17.2 Å². The van der Waals surface area contributed by atoms with Crippen molar-refractivity contribution in [2.24, 2.45) is 0 Å². The number of benzene rings is 2. The minimum atomic E-state index is -0.639. The summed E-state index contributed by atoms with van der Waals surface area (Å²) < 4.78 is 16.6. The lowest BCUT2D eigenvalue weighted by atomic mass is 10.1. The largest absolute Gasteiger partial charge is 0.461 e. The van der Waals surface area contributed by atoms with Crippen molar-refractivity contribution >= 4 is 16.9 Å². The summed E-state index contributed by atoms with van der Waals surface area (Å²) in [4.78, 5) is 25.4. The molecule has 0 saturated carbocycles. The van der Waals surface area contributed by atoms with Gasteiger partial charge < -0.3 is 13.6 Å². The van der Waals surface area contributed by atoms with Crippen LogP contribution in [0, 0.1) is 6.92 Å². The molecule has 0 radical (unpaired) electrons. The molecule has 2 aromatic heterocycles. The number of aryl methyl sites for hydroxylation is 1. The number of ether oxygens (including phenoxy) is 1. The van der Waals surface area contributed by atoms with E-state index in [0.717, 1.165) is 5.56 Å². The molecule has 0 aliphatic carbocycles. The Balaban J connectivity index is 1.86. The van der Waals surface area contributed by atoms with Crippen LogP contribution in [0.2, 0.25) is 0 Å². The highest BCUT2D eigenvalue weighted by atomic mass is 16.5. The fourth-order valence-electron chi connectivity index (χ4n) is 2.63. The van der Waals surface area contributed by atoms with Gasteiger partial charge >= 0.3 is 5.97 Å². The Kier molecular flexibility index (Phi) is 3.89. The molecule has 0 N–H and O–H groups in total. The van der Waals surface area contributed by atoms with Crippen LogP contribution >= 0.6 is 0 Å². The van der Waals surface area contributed by atoms with Crippen molar-refractivity contribution in [3.63, 3.8) is 0 Å². The predicted molar refractivity (Wildman–Crippen MR) is 96.3 cm³/mol. The molecule has 0 fully saturated rings. The first-order valence-corrected chi connectivity index (χ1v) is 8.02. The molecule has 5 heteroatoms. The van der Waals surface area contributed by atoms with E-state index in [9.17, 15) is 9.59 Å². The van der Waals surface area contributed by atoms with E-state index in [4.69, 9.17) is 13.6 Å². The van der Waals surface area contributed by atoms with Crippen LogP contribution in [-0.4, -0.2) is 5.97 Å². The van der Waals surface area contributed by atoms with Gasteiger partial charge in [0, 0.05) is 0 Å². The second kappa shape index (κ2) is 6.37. The number of furan rings is 1. The summed E-state index contributed by atoms with van der Waals surface area (Å²) in [5.74, 6) is -0.441. The summed E-state index contributed by atoms with van der Waals surface area (Å²) in [6.45, 7) is 1.92. The Morgan fingerprint density at radius 1 is 0.962 bits per heavy atom. The van der Waals surface area contributed by atoms with E-state index in [1.54, 1.807) is 60.7 Å². The fourth-order valence-corrected chi connectivity index (χ4v) is 2.63. The first-order chi connectivity index (χ1) is 12.6. The van der Waals surface area contributed by atoms with E-state index in [2.05, 4.69) is 0 Å². The average molecular weight is 346 g/mol. The van der Waals surface area contributed by atoms with Gasteiger partial charge in [-0.1, -0.05) is 29.8 Å².